The lowest BCUT2D eigenvalue weighted by molar-refractivity contribution is -0.137. The third-order valence-electron chi connectivity index (χ3n) is 3.46. The first-order chi connectivity index (χ1) is 9.88. The van der Waals surface area contributed by atoms with E-state index in [1.165, 1.54) is 5.56 Å². The van der Waals surface area contributed by atoms with Crippen molar-refractivity contribution in [2.75, 3.05) is 12.3 Å². The van der Waals surface area contributed by atoms with Gasteiger partial charge in [0, 0.05) is 6.42 Å². The van der Waals surface area contributed by atoms with E-state index in [4.69, 9.17) is 5.11 Å². The molecule has 0 fully saturated rings. The lowest BCUT2D eigenvalue weighted by atomic mass is 10.1. The predicted molar refractivity (Wildman–Crippen MR) is 75.8 cm³/mol. The van der Waals surface area contributed by atoms with E-state index in [0.29, 0.717) is 0 Å². The summed E-state index contributed by atoms with van der Waals surface area (Å²) in [5.41, 5.74) is 2.25. The van der Waals surface area contributed by atoms with E-state index >= 15 is 0 Å². The van der Waals surface area contributed by atoms with E-state index in [-0.39, 0.29) is 17.1 Å². The number of sulfone groups is 1. The summed E-state index contributed by atoms with van der Waals surface area (Å²) < 4.78 is 24.4. The van der Waals surface area contributed by atoms with Crippen LogP contribution in [0.3, 0.4) is 0 Å². The van der Waals surface area contributed by atoms with Crippen molar-refractivity contribution in [3.63, 3.8) is 0 Å². The minimum atomic E-state index is -3.52. The average Bonchev–Trinajstić information content (AvgIpc) is 2.90. The topological polar surface area (TPSA) is 101 Å². The van der Waals surface area contributed by atoms with Gasteiger partial charge >= 0.3 is 5.97 Å². The van der Waals surface area contributed by atoms with Crippen LogP contribution in [-0.4, -0.2) is 37.7 Å². The Labute approximate surface area is 123 Å². The normalized spacial score (nSPS) is 13.7. The minimum Gasteiger partial charge on any atom is -0.480 e. The van der Waals surface area contributed by atoms with Crippen LogP contribution in [0.2, 0.25) is 0 Å². The third kappa shape index (κ3) is 4.04. The number of carboxylic acid groups (broad SMARTS) is 1. The van der Waals surface area contributed by atoms with Gasteiger partial charge in [-0.15, -0.1) is 0 Å². The average molecular weight is 311 g/mol. The van der Waals surface area contributed by atoms with Gasteiger partial charge in [-0.1, -0.05) is 6.07 Å². The third-order valence-corrected chi connectivity index (χ3v) is 5.18. The van der Waals surface area contributed by atoms with Crippen LogP contribution in [-0.2, 0) is 32.3 Å². The molecule has 7 heteroatoms. The summed E-state index contributed by atoms with van der Waals surface area (Å²) in [4.78, 5) is 21.9. The number of aryl methyl sites for hydroxylation is 2. The van der Waals surface area contributed by atoms with Crippen LogP contribution >= 0.6 is 0 Å². The molecule has 1 amide bonds. The highest BCUT2D eigenvalue weighted by atomic mass is 32.2. The van der Waals surface area contributed by atoms with E-state index in [9.17, 15) is 18.0 Å². The number of amides is 1. The van der Waals surface area contributed by atoms with E-state index in [0.717, 1.165) is 24.8 Å². The van der Waals surface area contributed by atoms with E-state index in [1.807, 2.05) is 6.07 Å². The SMILES string of the molecule is O=C(O)CNC(=O)CCS(=O)(=O)c1ccc2c(c1)CCC2. The molecule has 0 saturated heterocycles. The van der Waals surface area contributed by atoms with Gasteiger partial charge in [-0.3, -0.25) is 9.59 Å². The quantitative estimate of drug-likeness (QED) is 0.798. The Hall–Kier alpha value is -1.89. The minimum absolute atomic E-state index is 0.231. The predicted octanol–water partition coefficient (Wildman–Crippen LogP) is 0.540. The first-order valence-corrected chi connectivity index (χ1v) is 8.37. The number of hydrogen-bond acceptors (Lipinski definition) is 4. The summed E-state index contributed by atoms with van der Waals surface area (Å²) in [5, 5.41) is 10.6. The molecule has 1 aromatic carbocycles. The number of nitrogens with one attached hydrogen (secondary N) is 1. The molecule has 2 rings (SSSR count). The number of aliphatic carboxylic acids is 1. The molecule has 0 atom stereocenters. The molecule has 0 unspecified atom stereocenters. The van der Waals surface area contributed by atoms with Gasteiger partial charge in [0.05, 0.1) is 10.6 Å². The number of fused-ring (bicyclic) bond motifs is 1. The zero-order valence-electron chi connectivity index (χ0n) is 11.5. The Bertz CT molecular complexity index is 666. The number of hydrogen-bond donors (Lipinski definition) is 2. The summed E-state index contributed by atoms with van der Waals surface area (Å²) in [7, 11) is -3.52. The van der Waals surface area contributed by atoms with E-state index < -0.39 is 28.3 Å². The van der Waals surface area contributed by atoms with E-state index in [2.05, 4.69) is 5.32 Å². The molecule has 0 aromatic heterocycles. The van der Waals surface area contributed by atoms with Crippen molar-refractivity contribution in [2.24, 2.45) is 0 Å². The summed E-state index contributed by atoms with van der Waals surface area (Å²) in [6.45, 7) is -0.502. The fourth-order valence-electron chi connectivity index (χ4n) is 2.35. The van der Waals surface area contributed by atoms with Gasteiger partial charge in [-0.2, -0.15) is 0 Å². The molecule has 0 saturated carbocycles. The van der Waals surface area contributed by atoms with Gasteiger partial charge < -0.3 is 10.4 Å². The van der Waals surface area contributed by atoms with Crippen LogP contribution in [0.25, 0.3) is 0 Å². The van der Waals surface area contributed by atoms with Crippen molar-refractivity contribution in [2.45, 2.75) is 30.6 Å². The zero-order valence-corrected chi connectivity index (χ0v) is 12.3. The summed E-state index contributed by atoms with van der Waals surface area (Å²) in [5.74, 6) is -2.07. The maximum atomic E-state index is 12.2. The molecule has 0 bridgehead atoms. The molecule has 1 aliphatic rings. The molecule has 2 N–H and O–H groups in total. The van der Waals surface area contributed by atoms with Crippen molar-refractivity contribution in [3.8, 4) is 0 Å². The molecular formula is C14H17NO5S. The molecule has 0 aliphatic heterocycles. The van der Waals surface area contributed by atoms with Gasteiger partial charge in [0.2, 0.25) is 5.91 Å². The van der Waals surface area contributed by atoms with E-state index in [1.54, 1.807) is 12.1 Å². The first-order valence-electron chi connectivity index (χ1n) is 6.71. The molecule has 114 valence electrons. The van der Waals surface area contributed by atoms with Gasteiger partial charge in [0.1, 0.15) is 6.54 Å². The summed E-state index contributed by atoms with van der Waals surface area (Å²) >= 11 is 0. The number of benzene rings is 1. The fourth-order valence-corrected chi connectivity index (χ4v) is 3.64. The molecule has 1 aliphatic carbocycles. The molecule has 0 spiro atoms. The van der Waals surface area contributed by atoms with Crippen molar-refractivity contribution in [3.05, 3.63) is 29.3 Å². The molecule has 1 aromatic rings. The first kappa shape index (κ1) is 15.5. The highest BCUT2D eigenvalue weighted by molar-refractivity contribution is 7.91. The standard InChI is InChI=1S/C14H17NO5S/c16-13(15-9-14(17)18)6-7-21(19,20)12-5-4-10-2-1-3-11(10)8-12/h4-5,8H,1-3,6-7,9H2,(H,15,16)(H,17,18). The monoisotopic (exact) mass is 311 g/mol. The van der Waals surface area contributed by atoms with Crippen molar-refractivity contribution < 1.29 is 23.1 Å². The zero-order chi connectivity index (χ0) is 15.5. The van der Waals surface area contributed by atoms with Crippen LogP contribution < -0.4 is 5.32 Å². The van der Waals surface area contributed by atoms with Crippen molar-refractivity contribution in [1.29, 1.82) is 0 Å². The lowest BCUT2D eigenvalue weighted by Gasteiger charge is -2.07. The summed E-state index contributed by atoms with van der Waals surface area (Å²) in [6, 6.07) is 5.10. The van der Waals surface area contributed by atoms with Gasteiger partial charge in [-0.25, -0.2) is 8.42 Å². The van der Waals surface area contributed by atoms with Crippen LogP contribution in [0, 0.1) is 0 Å². The molecule has 6 nitrogen and oxygen atoms in total. The lowest BCUT2D eigenvalue weighted by Crippen LogP contribution is -2.30. The number of carboxylic acids is 1. The second kappa shape index (κ2) is 6.26. The maximum absolute atomic E-state index is 12.2. The maximum Gasteiger partial charge on any atom is 0.322 e. The summed E-state index contributed by atoms with van der Waals surface area (Å²) in [6.07, 6.45) is 2.66. The molecule has 0 heterocycles. The number of carbonyl (C=O) groups is 2. The van der Waals surface area contributed by atoms with Crippen LogP contribution in [0.5, 0.6) is 0 Å². The largest absolute Gasteiger partial charge is 0.480 e. The second-order valence-corrected chi connectivity index (χ2v) is 7.13. The second-order valence-electron chi connectivity index (χ2n) is 5.02. The number of carbonyl (C=O) groups excluding carboxylic acids is 1. The van der Waals surface area contributed by atoms with Crippen LogP contribution in [0.1, 0.15) is 24.0 Å². The van der Waals surface area contributed by atoms with Gasteiger partial charge in [0.15, 0.2) is 9.84 Å². The Morgan fingerprint density at radius 3 is 2.62 bits per heavy atom. The van der Waals surface area contributed by atoms with Gasteiger partial charge in [-0.05, 0) is 42.5 Å². The number of rotatable bonds is 6. The Kier molecular flexibility index (Phi) is 4.62. The van der Waals surface area contributed by atoms with Crippen molar-refractivity contribution in [1.82, 2.24) is 5.32 Å². The van der Waals surface area contributed by atoms with Crippen LogP contribution in [0.15, 0.2) is 23.1 Å². The van der Waals surface area contributed by atoms with Crippen LogP contribution in [0.4, 0.5) is 0 Å². The molecular weight excluding hydrogens is 294 g/mol. The highest BCUT2D eigenvalue weighted by Crippen LogP contribution is 2.25. The fraction of sp³-hybridized carbons (Fsp3) is 0.429. The smallest absolute Gasteiger partial charge is 0.322 e. The Morgan fingerprint density at radius 1 is 1.19 bits per heavy atom. The van der Waals surface area contributed by atoms with Crippen molar-refractivity contribution >= 4 is 21.7 Å². The van der Waals surface area contributed by atoms with Gasteiger partial charge in [0.25, 0.3) is 0 Å². The highest BCUT2D eigenvalue weighted by Gasteiger charge is 2.19. The Morgan fingerprint density at radius 2 is 1.90 bits per heavy atom. The Balaban J connectivity index is 1.99. The molecule has 21 heavy (non-hydrogen) atoms. The molecule has 0 radical (unpaired) electrons.